The third-order valence-electron chi connectivity index (χ3n) is 4.51. The SMILES string of the molecule is O=C(C1CCCN(Cc2cc(F)cc(F)c2)C1)N1CCOCC1. The van der Waals surface area contributed by atoms with E-state index in [-0.39, 0.29) is 11.8 Å². The number of carbonyl (C=O) groups is 1. The van der Waals surface area contributed by atoms with Crippen LogP contribution in [-0.4, -0.2) is 55.1 Å². The van der Waals surface area contributed by atoms with E-state index in [1.54, 1.807) is 0 Å². The molecule has 6 heteroatoms. The lowest BCUT2D eigenvalue weighted by molar-refractivity contribution is -0.141. The lowest BCUT2D eigenvalue weighted by atomic mass is 9.96. The normalized spacial score (nSPS) is 23.0. The number of morpholine rings is 1. The number of amides is 1. The summed E-state index contributed by atoms with van der Waals surface area (Å²) >= 11 is 0. The molecule has 23 heavy (non-hydrogen) atoms. The van der Waals surface area contributed by atoms with Gasteiger partial charge in [0.1, 0.15) is 11.6 Å². The zero-order valence-corrected chi connectivity index (χ0v) is 13.1. The molecular weight excluding hydrogens is 302 g/mol. The quantitative estimate of drug-likeness (QED) is 0.853. The number of benzene rings is 1. The van der Waals surface area contributed by atoms with E-state index in [0.29, 0.717) is 45.0 Å². The lowest BCUT2D eigenvalue weighted by Gasteiger charge is -2.36. The predicted molar refractivity (Wildman–Crippen MR) is 81.8 cm³/mol. The van der Waals surface area contributed by atoms with E-state index in [4.69, 9.17) is 4.74 Å². The molecular formula is C17H22F2N2O2. The smallest absolute Gasteiger partial charge is 0.227 e. The van der Waals surface area contributed by atoms with Gasteiger partial charge in [0, 0.05) is 32.2 Å². The molecule has 2 saturated heterocycles. The van der Waals surface area contributed by atoms with Crippen molar-refractivity contribution in [1.82, 2.24) is 9.80 Å². The Balaban J connectivity index is 1.60. The van der Waals surface area contributed by atoms with Crippen LogP contribution in [0.1, 0.15) is 18.4 Å². The second-order valence-corrected chi connectivity index (χ2v) is 6.29. The predicted octanol–water partition coefficient (Wildman–Crippen LogP) is 2.04. The Labute approximate surface area is 135 Å². The molecule has 0 N–H and O–H groups in total. The highest BCUT2D eigenvalue weighted by Gasteiger charge is 2.30. The Bertz CT molecular complexity index is 541. The summed E-state index contributed by atoms with van der Waals surface area (Å²) in [6, 6.07) is 3.59. The summed E-state index contributed by atoms with van der Waals surface area (Å²) in [5, 5.41) is 0. The highest BCUT2D eigenvalue weighted by atomic mass is 19.1. The van der Waals surface area contributed by atoms with E-state index >= 15 is 0 Å². The zero-order valence-electron chi connectivity index (χ0n) is 13.1. The van der Waals surface area contributed by atoms with Crippen LogP contribution >= 0.6 is 0 Å². The van der Waals surface area contributed by atoms with Crippen LogP contribution in [0.25, 0.3) is 0 Å². The first-order chi connectivity index (χ1) is 11.1. The maximum Gasteiger partial charge on any atom is 0.227 e. The molecule has 2 aliphatic heterocycles. The molecule has 1 aromatic rings. The molecule has 0 bridgehead atoms. The summed E-state index contributed by atoms with van der Waals surface area (Å²) in [7, 11) is 0. The van der Waals surface area contributed by atoms with Gasteiger partial charge in [-0.25, -0.2) is 8.78 Å². The molecule has 1 unspecified atom stereocenters. The third kappa shape index (κ3) is 4.26. The van der Waals surface area contributed by atoms with Gasteiger partial charge in [-0.1, -0.05) is 0 Å². The zero-order chi connectivity index (χ0) is 16.2. The topological polar surface area (TPSA) is 32.8 Å². The molecule has 0 aromatic heterocycles. The van der Waals surface area contributed by atoms with Gasteiger partial charge in [-0.3, -0.25) is 9.69 Å². The number of rotatable bonds is 3. The highest BCUT2D eigenvalue weighted by Crippen LogP contribution is 2.21. The van der Waals surface area contributed by atoms with Gasteiger partial charge in [0.2, 0.25) is 5.91 Å². The van der Waals surface area contributed by atoms with Crippen LogP contribution in [0.5, 0.6) is 0 Å². The first-order valence-electron chi connectivity index (χ1n) is 8.15. The Hall–Kier alpha value is -1.53. The molecule has 0 saturated carbocycles. The summed E-state index contributed by atoms with van der Waals surface area (Å²) in [5.74, 6) is -0.959. The number of hydrogen-bond acceptors (Lipinski definition) is 3. The monoisotopic (exact) mass is 324 g/mol. The number of likely N-dealkylation sites (tertiary alicyclic amines) is 1. The first kappa shape index (κ1) is 16.3. The Kier molecular flexibility index (Phi) is 5.23. The average Bonchev–Trinajstić information content (AvgIpc) is 2.54. The number of carbonyl (C=O) groups excluding carboxylic acids is 1. The highest BCUT2D eigenvalue weighted by molar-refractivity contribution is 5.79. The maximum absolute atomic E-state index is 13.3. The first-order valence-corrected chi connectivity index (χ1v) is 8.15. The molecule has 3 rings (SSSR count). The molecule has 1 amide bonds. The van der Waals surface area contributed by atoms with Crippen LogP contribution in [0.4, 0.5) is 8.78 Å². The van der Waals surface area contributed by atoms with E-state index in [1.807, 2.05) is 4.90 Å². The van der Waals surface area contributed by atoms with Gasteiger partial charge in [0.15, 0.2) is 0 Å². The largest absolute Gasteiger partial charge is 0.378 e. The summed E-state index contributed by atoms with van der Waals surface area (Å²) < 4.78 is 31.9. The van der Waals surface area contributed by atoms with Crippen molar-refractivity contribution in [2.75, 3.05) is 39.4 Å². The molecule has 2 aliphatic rings. The van der Waals surface area contributed by atoms with Crippen molar-refractivity contribution < 1.29 is 18.3 Å². The van der Waals surface area contributed by atoms with Crippen LogP contribution in [0.2, 0.25) is 0 Å². The molecule has 4 nitrogen and oxygen atoms in total. The van der Waals surface area contributed by atoms with Gasteiger partial charge in [-0.15, -0.1) is 0 Å². The van der Waals surface area contributed by atoms with Crippen molar-refractivity contribution >= 4 is 5.91 Å². The van der Waals surface area contributed by atoms with Crippen molar-refractivity contribution in [2.24, 2.45) is 5.92 Å². The van der Waals surface area contributed by atoms with Gasteiger partial charge in [-0.2, -0.15) is 0 Å². The standard InChI is InChI=1S/C17H22F2N2O2/c18-15-8-13(9-16(19)10-15)11-20-3-1-2-14(12-20)17(22)21-4-6-23-7-5-21/h8-10,14H,1-7,11-12H2. The summed E-state index contributed by atoms with van der Waals surface area (Å²) in [5.41, 5.74) is 0.613. The molecule has 1 aromatic carbocycles. The van der Waals surface area contributed by atoms with E-state index in [0.717, 1.165) is 25.5 Å². The van der Waals surface area contributed by atoms with Crippen molar-refractivity contribution in [3.63, 3.8) is 0 Å². The van der Waals surface area contributed by atoms with Gasteiger partial charge in [0.25, 0.3) is 0 Å². The van der Waals surface area contributed by atoms with Gasteiger partial charge in [-0.05, 0) is 37.1 Å². The number of halogens is 2. The Morgan fingerprint density at radius 3 is 2.52 bits per heavy atom. The summed E-state index contributed by atoms with van der Waals surface area (Å²) in [4.78, 5) is 16.6. The molecule has 1 atom stereocenters. The second kappa shape index (κ2) is 7.36. The van der Waals surface area contributed by atoms with Crippen molar-refractivity contribution in [1.29, 1.82) is 0 Å². The Morgan fingerprint density at radius 2 is 1.83 bits per heavy atom. The number of nitrogens with zero attached hydrogens (tertiary/aromatic N) is 2. The van der Waals surface area contributed by atoms with Gasteiger partial charge < -0.3 is 9.64 Å². The lowest BCUT2D eigenvalue weighted by Crippen LogP contribution is -2.48. The van der Waals surface area contributed by atoms with E-state index in [9.17, 15) is 13.6 Å². The van der Waals surface area contributed by atoms with Crippen LogP contribution < -0.4 is 0 Å². The molecule has 0 spiro atoms. The van der Waals surface area contributed by atoms with Crippen LogP contribution in [-0.2, 0) is 16.1 Å². The number of piperidine rings is 1. The van der Waals surface area contributed by atoms with Crippen molar-refractivity contribution in [3.05, 3.63) is 35.4 Å². The second-order valence-electron chi connectivity index (χ2n) is 6.29. The van der Waals surface area contributed by atoms with E-state index in [2.05, 4.69) is 4.90 Å². The maximum atomic E-state index is 13.3. The average molecular weight is 324 g/mol. The third-order valence-corrected chi connectivity index (χ3v) is 4.51. The van der Waals surface area contributed by atoms with E-state index < -0.39 is 11.6 Å². The fraction of sp³-hybridized carbons (Fsp3) is 0.588. The number of ether oxygens (including phenoxy) is 1. The van der Waals surface area contributed by atoms with Crippen LogP contribution in [0, 0.1) is 17.6 Å². The molecule has 0 radical (unpaired) electrons. The minimum Gasteiger partial charge on any atom is -0.378 e. The molecule has 2 heterocycles. The summed E-state index contributed by atoms with van der Waals surface area (Å²) in [6.45, 7) is 4.49. The summed E-state index contributed by atoms with van der Waals surface area (Å²) in [6.07, 6.45) is 1.81. The Morgan fingerprint density at radius 1 is 1.13 bits per heavy atom. The fourth-order valence-electron chi connectivity index (χ4n) is 3.40. The van der Waals surface area contributed by atoms with Gasteiger partial charge >= 0.3 is 0 Å². The molecule has 126 valence electrons. The molecule has 2 fully saturated rings. The fourth-order valence-corrected chi connectivity index (χ4v) is 3.40. The number of hydrogen-bond donors (Lipinski definition) is 0. The van der Waals surface area contributed by atoms with Gasteiger partial charge in [0.05, 0.1) is 19.1 Å². The minimum absolute atomic E-state index is 0.0275. The van der Waals surface area contributed by atoms with Crippen LogP contribution in [0.15, 0.2) is 18.2 Å². The van der Waals surface area contributed by atoms with Crippen molar-refractivity contribution in [3.8, 4) is 0 Å². The van der Waals surface area contributed by atoms with Crippen LogP contribution in [0.3, 0.4) is 0 Å². The van der Waals surface area contributed by atoms with E-state index in [1.165, 1.54) is 12.1 Å². The molecule has 0 aliphatic carbocycles. The minimum atomic E-state index is -0.557. The van der Waals surface area contributed by atoms with Crippen molar-refractivity contribution in [2.45, 2.75) is 19.4 Å².